The molecule has 27 heavy (non-hydrogen) atoms. The first-order valence-electron chi connectivity index (χ1n) is 8.58. The van der Waals surface area contributed by atoms with Crippen molar-refractivity contribution in [2.24, 2.45) is 11.3 Å². The van der Waals surface area contributed by atoms with E-state index in [-0.39, 0.29) is 35.4 Å². The number of aromatic nitrogens is 1. The summed E-state index contributed by atoms with van der Waals surface area (Å²) in [6.45, 7) is -0.875. The largest absolute Gasteiger partial charge is 0.435 e. The summed E-state index contributed by atoms with van der Waals surface area (Å²) < 4.78 is 28.7. The maximum Gasteiger partial charge on any atom is 0.387 e. The Kier molecular flexibility index (Phi) is 5.98. The number of carbonyl (C=O) groups excluding carboxylic acids is 1. The van der Waals surface area contributed by atoms with E-state index in [2.05, 4.69) is 20.4 Å². The lowest BCUT2D eigenvalue weighted by molar-refractivity contribution is -0.118. The average Bonchev–Trinajstić information content (AvgIpc) is 3.11. The first kappa shape index (κ1) is 20.0. The molecule has 1 saturated carbocycles. The van der Waals surface area contributed by atoms with Gasteiger partial charge in [-0.25, -0.2) is 4.98 Å². The first-order valence-corrected chi connectivity index (χ1v) is 9.46. The second kappa shape index (κ2) is 8.08. The van der Waals surface area contributed by atoms with Crippen LogP contribution in [0.25, 0.3) is 11.3 Å². The number of hydrogen-bond donors (Lipinski definition) is 2. The van der Waals surface area contributed by atoms with Crippen LogP contribution in [0.15, 0.2) is 29.6 Å². The molecule has 1 unspecified atom stereocenters. The molecule has 1 aromatic carbocycles. The number of benzene rings is 1. The van der Waals surface area contributed by atoms with E-state index < -0.39 is 6.61 Å². The topological polar surface area (TPSA) is 63.2 Å². The van der Waals surface area contributed by atoms with Crippen molar-refractivity contribution in [3.8, 4) is 17.0 Å². The van der Waals surface area contributed by atoms with Gasteiger partial charge in [0.15, 0.2) is 5.13 Å². The second-order valence-corrected chi connectivity index (χ2v) is 7.66. The molecule has 2 aliphatic rings. The van der Waals surface area contributed by atoms with Crippen molar-refractivity contribution in [2.75, 3.05) is 18.4 Å². The molecular weight excluding hydrogens is 396 g/mol. The van der Waals surface area contributed by atoms with E-state index in [1.54, 1.807) is 12.1 Å². The van der Waals surface area contributed by atoms with Crippen LogP contribution in [0.2, 0.25) is 0 Å². The fourth-order valence-corrected chi connectivity index (χ4v) is 4.38. The number of carbonyl (C=O) groups is 1. The third-order valence-corrected chi connectivity index (χ3v) is 5.97. The van der Waals surface area contributed by atoms with Crippen molar-refractivity contribution in [3.63, 3.8) is 0 Å². The predicted molar refractivity (Wildman–Crippen MR) is 103 cm³/mol. The third-order valence-electron chi connectivity index (χ3n) is 5.22. The SMILES string of the molecule is Cl.O=C(Nc1nc(-c2ccc(OC(F)F)cc2)cs1)C1CC12CCNCC2. The zero-order valence-electron chi connectivity index (χ0n) is 14.4. The zero-order chi connectivity index (χ0) is 18.1. The summed E-state index contributed by atoms with van der Waals surface area (Å²) in [6.07, 6.45) is 3.08. The van der Waals surface area contributed by atoms with Gasteiger partial charge in [0.1, 0.15) is 5.75 Å². The molecular formula is C18H20ClF2N3O2S. The summed E-state index contributed by atoms with van der Waals surface area (Å²) in [4.78, 5) is 16.9. The van der Waals surface area contributed by atoms with Gasteiger partial charge in [0.05, 0.1) is 5.69 Å². The number of nitrogens with one attached hydrogen (secondary N) is 2. The standard InChI is InChI=1S/C18H19F2N3O2S.ClH/c19-16(20)25-12-3-1-11(2-4-12)14-10-26-17(22-14)23-15(24)13-9-18(13)5-7-21-8-6-18;/h1-4,10,13,16,21H,5-9H2,(H,22,23,24);1H. The first-order chi connectivity index (χ1) is 12.6. The Hall–Kier alpha value is -1.77. The van der Waals surface area contributed by atoms with Gasteiger partial charge in [-0.15, -0.1) is 23.7 Å². The van der Waals surface area contributed by atoms with Crippen LogP contribution in [0.3, 0.4) is 0 Å². The highest BCUT2D eigenvalue weighted by atomic mass is 35.5. The molecule has 5 nitrogen and oxygen atoms in total. The summed E-state index contributed by atoms with van der Waals surface area (Å²) >= 11 is 1.36. The lowest BCUT2D eigenvalue weighted by Crippen LogP contribution is -2.31. The van der Waals surface area contributed by atoms with Crippen LogP contribution in [-0.4, -0.2) is 30.6 Å². The Balaban J connectivity index is 0.00000210. The van der Waals surface area contributed by atoms with Crippen LogP contribution >= 0.6 is 23.7 Å². The van der Waals surface area contributed by atoms with Gasteiger partial charge >= 0.3 is 6.61 Å². The van der Waals surface area contributed by atoms with E-state index in [0.717, 1.165) is 37.9 Å². The summed E-state index contributed by atoms with van der Waals surface area (Å²) in [6, 6.07) is 6.29. The molecule has 1 spiro atoms. The van der Waals surface area contributed by atoms with Crippen molar-refractivity contribution in [1.29, 1.82) is 0 Å². The Morgan fingerprint density at radius 2 is 2.00 bits per heavy atom. The molecule has 9 heteroatoms. The van der Waals surface area contributed by atoms with E-state index in [9.17, 15) is 13.6 Å². The highest BCUT2D eigenvalue weighted by Crippen LogP contribution is 2.58. The predicted octanol–water partition coefficient (Wildman–Crippen LogP) is 4.16. The number of halogens is 3. The van der Waals surface area contributed by atoms with E-state index in [0.29, 0.717) is 10.8 Å². The van der Waals surface area contributed by atoms with Crippen LogP contribution in [0.1, 0.15) is 19.3 Å². The number of piperidine rings is 1. The summed E-state index contributed by atoms with van der Waals surface area (Å²) in [7, 11) is 0. The van der Waals surface area contributed by atoms with E-state index in [1.807, 2.05) is 5.38 Å². The van der Waals surface area contributed by atoms with Gasteiger partial charge in [-0.05, 0) is 62.0 Å². The minimum atomic E-state index is -2.84. The van der Waals surface area contributed by atoms with Crippen LogP contribution in [0, 0.1) is 11.3 Å². The summed E-state index contributed by atoms with van der Waals surface area (Å²) in [5, 5.41) is 8.66. The van der Waals surface area contributed by atoms with E-state index in [4.69, 9.17) is 0 Å². The van der Waals surface area contributed by atoms with Crippen LogP contribution < -0.4 is 15.4 Å². The molecule has 146 valence electrons. The molecule has 4 rings (SSSR count). The lowest BCUT2D eigenvalue weighted by Gasteiger charge is -2.22. The highest BCUT2D eigenvalue weighted by molar-refractivity contribution is 7.14. The lowest BCUT2D eigenvalue weighted by atomic mass is 9.92. The number of ether oxygens (including phenoxy) is 1. The van der Waals surface area contributed by atoms with Gasteiger partial charge < -0.3 is 15.4 Å². The van der Waals surface area contributed by atoms with Crippen molar-refractivity contribution in [3.05, 3.63) is 29.6 Å². The molecule has 0 bridgehead atoms. The van der Waals surface area contributed by atoms with Crippen molar-refractivity contribution >= 4 is 34.8 Å². The number of amides is 1. The van der Waals surface area contributed by atoms with Gasteiger partial charge in [0.2, 0.25) is 5.91 Å². The Labute approximate surface area is 165 Å². The minimum absolute atomic E-state index is 0. The maximum atomic E-state index is 12.5. The number of rotatable bonds is 5. The molecule has 1 aliphatic heterocycles. The number of nitrogens with zero attached hydrogens (tertiary/aromatic N) is 1. The number of hydrogen-bond acceptors (Lipinski definition) is 5. The monoisotopic (exact) mass is 415 g/mol. The molecule has 1 saturated heterocycles. The highest BCUT2D eigenvalue weighted by Gasteiger charge is 2.57. The molecule has 2 aromatic rings. The summed E-state index contributed by atoms with van der Waals surface area (Å²) in [5.74, 6) is 0.240. The van der Waals surface area contributed by atoms with Gasteiger partial charge in [0.25, 0.3) is 0 Å². The molecule has 1 amide bonds. The number of alkyl halides is 2. The molecule has 1 atom stereocenters. The van der Waals surface area contributed by atoms with Crippen molar-refractivity contribution < 1.29 is 18.3 Å². The Bertz CT molecular complexity index is 794. The number of thiazole rings is 1. The number of anilines is 1. The Morgan fingerprint density at radius 1 is 1.30 bits per heavy atom. The van der Waals surface area contributed by atoms with E-state index in [1.165, 1.54) is 23.5 Å². The molecule has 1 aromatic heterocycles. The van der Waals surface area contributed by atoms with Crippen molar-refractivity contribution in [1.82, 2.24) is 10.3 Å². The molecule has 1 aliphatic carbocycles. The van der Waals surface area contributed by atoms with Gasteiger partial charge in [-0.1, -0.05) is 0 Å². The van der Waals surface area contributed by atoms with Gasteiger partial charge in [0, 0.05) is 16.9 Å². The quantitative estimate of drug-likeness (QED) is 0.769. The van der Waals surface area contributed by atoms with Crippen LogP contribution in [-0.2, 0) is 4.79 Å². The third kappa shape index (κ3) is 4.39. The normalized spacial score (nSPS) is 20.2. The molecule has 0 radical (unpaired) electrons. The fourth-order valence-electron chi connectivity index (χ4n) is 3.66. The van der Waals surface area contributed by atoms with Crippen LogP contribution in [0.5, 0.6) is 5.75 Å². The average molecular weight is 416 g/mol. The van der Waals surface area contributed by atoms with Gasteiger partial charge in [-0.2, -0.15) is 8.78 Å². The zero-order valence-corrected chi connectivity index (χ0v) is 16.0. The molecule has 2 heterocycles. The minimum Gasteiger partial charge on any atom is -0.435 e. The maximum absolute atomic E-state index is 12.5. The Morgan fingerprint density at radius 3 is 2.67 bits per heavy atom. The van der Waals surface area contributed by atoms with E-state index >= 15 is 0 Å². The smallest absolute Gasteiger partial charge is 0.387 e. The summed E-state index contributed by atoms with van der Waals surface area (Å²) in [5.41, 5.74) is 1.67. The van der Waals surface area contributed by atoms with Crippen molar-refractivity contribution in [2.45, 2.75) is 25.9 Å². The van der Waals surface area contributed by atoms with Crippen LogP contribution in [0.4, 0.5) is 13.9 Å². The fraction of sp³-hybridized carbons (Fsp3) is 0.444. The molecule has 2 fully saturated rings. The molecule has 2 N–H and O–H groups in total. The second-order valence-electron chi connectivity index (χ2n) is 6.80. The van der Waals surface area contributed by atoms with Gasteiger partial charge in [-0.3, -0.25) is 4.79 Å².